The van der Waals surface area contributed by atoms with Gasteiger partial charge in [0.05, 0.1) is 18.8 Å². The predicted octanol–water partition coefficient (Wildman–Crippen LogP) is 4.10. The summed E-state index contributed by atoms with van der Waals surface area (Å²) in [6.07, 6.45) is 5.50. The first-order valence-corrected chi connectivity index (χ1v) is 8.55. The molecule has 0 radical (unpaired) electrons. The number of aliphatic hydroxyl groups excluding tert-OH is 1. The van der Waals surface area contributed by atoms with Crippen molar-refractivity contribution in [2.75, 3.05) is 13.7 Å². The Morgan fingerprint density at radius 2 is 2.00 bits per heavy atom. The third-order valence-corrected chi connectivity index (χ3v) is 5.18. The second-order valence-corrected chi connectivity index (χ2v) is 6.59. The number of aliphatic hydroxyl groups is 1. The highest BCUT2D eigenvalue weighted by Gasteiger charge is 2.39. The van der Waals surface area contributed by atoms with Gasteiger partial charge in [0.1, 0.15) is 5.75 Å². The van der Waals surface area contributed by atoms with Crippen molar-refractivity contribution < 1.29 is 14.6 Å². The van der Waals surface area contributed by atoms with E-state index in [9.17, 15) is 5.11 Å². The van der Waals surface area contributed by atoms with E-state index in [2.05, 4.69) is 15.9 Å². The summed E-state index contributed by atoms with van der Waals surface area (Å²) in [7, 11) is 1.66. The number of halogens is 1. The first kappa shape index (κ1) is 16.8. The molecule has 0 aliphatic heterocycles. The molecule has 0 heterocycles. The fourth-order valence-electron chi connectivity index (χ4n) is 3.24. The van der Waals surface area contributed by atoms with Crippen molar-refractivity contribution in [1.29, 1.82) is 0 Å². The van der Waals surface area contributed by atoms with Gasteiger partial charge < -0.3 is 14.6 Å². The summed E-state index contributed by atoms with van der Waals surface area (Å²) in [5, 5.41) is 10.8. The first-order valence-electron chi connectivity index (χ1n) is 7.76. The van der Waals surface area contributed by atoms with Crippen molar-refractivity contribution in [3.05, 3.63) is 28.2 Å². The van der Waals surface area contributed by atoms with E-state index < -0.39 is 6.10 Å². The van der Waals surface area contributed by atoms with Gasteiger partial charge in [-0.05, 0) is 43.5 Å². The lowest BCUT2D eigenvalue weighted by molar-refractivity contribution is -0.138. The van der Waals surface area contributed by atoms with Crippen molar-refractivity contribution in [2.24, 2.45) is 0 Å². The maximum atomic E-state index is 10.8. The number of benzene rings is 1. The summed E-state index contributed by atoms with van der Waals surface area (Å²) < 4.78 is 12.3. The molecule has 4 heteroatoms. The minimum Gasteiger partial charge on any atom is -0.497 e. The number of ether oxygens (including phenoxy) is 2. The van der Waals surface area contributed by atoms with E-state index in [1.807, 2.05) is 25.1 Å². The fourth-order valence-corrected chi connectivity index (χ4v) is 3.65. The van der Waals surface area contributed by atoms with E-state index in [0.717, 1.165) is 41.5 Å². The van der Waals surface area contributed by atoms with Crippen LogP contribution >= 0.6 is 15.9 Å². The van der Waals surface area contributed by atoms with Crippen LogP contribution in [0.5, 0.6) is 5.75 Å². The Labute approximate surface area is 135 Å². The van der Waals surface area contributed by atoms with E-state index in [1.165, 1.54) is 6.42 Å². The highest BCUT2D eigenvalue weighted by molar-refractivity contribution is 9.10. The topological polar surface area (TPSA) is 38.7 Å². The zero-order valence-corrected chi connectivity index (χ0v) is 14.5. The molecule has 0 saturated heterocycles. The summed E-state index contributed by atoms with van der Waals surface area (Å²) in [5.41, 5.74) is 0.682. The van der Waals surface area contributed by atoms with Gasteiger partial charge in [-0.2, -0.15) is 0 Å². The molecule has 0 amide bonds. The van der Waals surface area contributed by atoms with E-state index in [0.29, 0.717) is 13.0 Å². The van der Waals surface area contributed by atoms with E-state index >= 15 is 0 Å². The maximum absolute atomic E-state index is 10.8. The third-order valence-electron chi connectivity index (χ3n) is 4.41. The number of methoxy groups -OCH3 is 1. The summed E-state index contributed by atoms with van der Waals surface area (Å²) in [4.78, 5) is 0. The number of hydrogen-bond acceptors (Lipinski definition) is 3. The monoisotopic (exact) mass is 356 g/mol. The SMILES string of the molecule is CCOC1(C(O)Cc2cc(OC)ccc2Br)CCCCC1. The molecule has 1 aromatic carbocycles. The molecule has 1 unspecified atom stereocenters. The zero-order valence-electron chi connectivity index (χ0n) is 12.9. The smallest absolute Gasteiger partial charge is 0.119 e. The highest BCUT2D eigenvalue weighted by Crippen LogP contribution is 2.37. The molecule has 1 aliphatic rings. The standard InChI is InChI=1S/C17H25BrO3/c1-3-21-17(9-5-4-6-10-17)16(19)12-13-11-14(20-2)7-8-15(13)18/h7-8,11,16,19H,3-6,9-10,12H2,1-2H3. The molecular weight excluding hydrogens is 332 g/mol. The largest absolute Gasteiger partial charge is 0.497 e. The van der Waals surface area contributed by atoms with Crippen LogP contribution in [0.1, 0.15) is 44.6 Å². The van der Waals surface area contributed by atoms with Crippen LogP contribution in [-0.4, -0.2) is 30.5 Å². The van der Waals surface area contributed by atoms with Crippen molar-refractivity contribution in [2.45, 2.75) is 57.2 Å². The Morgan fingerprint density at radius 3 is 2.62 bits per heavy atom. The van der Waals surface area contributed by atoms with Crippen LogP contribution in [0.4, 0.5) is 0 Å². The van der Waals surface area contributed by atoms with Gasteiger partial charge in [-0.1, -0.05) is 35.2 Å². The Morgan fingerprint density at radius 1 is 1.29 bits per heavy atom. The van der Waals surface area contributed by atoms with Crippen LogP contribution in [0.25, 0.3) is 0 Å². The zero-order chi connectivity index (χ0) is 15.3. The molecule has 21 heavy (non-hydrogen) atoms. The van der Waals surface area contributed by atoms with Crippen LogP contribution in [0.2, 0.25) is 0 Å². The van der Waals surface area contributed by atoms with Crippen LogP contribution in [0.3, 0.4) is 0 Å². The molecule has 0 aromatic heterocycles. The molecule has 1 fully saturated rings. The maximum Gasteiger partial charge on any atom is 0.119 e. The fraction of sp³-hybridized carbons (Fsp3) is 0.647. The van der Waals surface area contributed by atoms with E-state index in [4.69, 9.17) is 9.47 Å². The number of hydrogen-bond donors (Lipinski definition) is 1. The van der Waals surface area contributed by atoms with Crippen LogP contribution in [0, 0.1) is 0 Å². The van der Waals surface area contributed by atoms with Crippen molar-refractivity contribution in [1.82, 2.24) is 0 Å². The normalized spacial score (nSPS) is 19.2. The summed E-state index contributed by atoms with van der Waals surface area (Å²) in [6.45, 7) is 2.65. The molecule has 1 N–H and O–H groups in total. The molecule has 0 bridgehead atoms. The summed E-state index contributed by atoms with van der Waals surface area (Å²) in [6, 6.07) is 5.86. The lowest BCUT2D eigenvalue weighted by Gasteiger charge is -2.41. The Balaban J connectivity index is 2.16. The van der Waals surface area contributed by atoms with E-state index in [-0.39, 0.29) is 5.60 Å². The molecule has 1 saturated carbocycles. The van der Waals surface area contributed by atoms with Crippen molar-refractivity contribution >= 4 is 15.9 Å². The second-order valence-electron chi connectivity index (χ2n) is 5.74. The molecular formula is C17H25BrO3. The third kappa shape index (κ3) is 3.99. The molecule has 0 spiro atoms. The summed E-state index contributed by atoms with van der Waals surface area (Å²) in [5.74, 6) is 0.814. The van der Waals surface area contributed by atoms with Gasteiger partial charge in [-0.25, -0.2) is 0 Å². The van der Waals surface area contributed by atoms with Gasteiger partial charge in [0.15, 0.2) is 0 Å². The Bertz CT molecular complexity index is 450. The predicted molar refractivity (Wildman–Crippen MR) is 87.8 cm³/mol. The minimum absolute atomic E-state index is 0.379. The van der Waals surface area contributed by atoms with Crippen molar-refractivity contribution in [3.63, 3.8) is 0 Å². The van der Waals surface area contributed by atoms with Gasteiger partial charge in [-0.3, -0.25) is 0 Å². The molecule has 1 aliphatic carbocycles. The molecule has 1 atom stereocenters. The Hall–Kier alpha value is -0.580. The second kappa shape index (κ2) is 7.61. The minimum atomic E-state index is -0.485. The average Bonchev–Trinajstić information content (AvgIpc) is 2.50. The van der Waals surface area contributed by atoms with Crippen molar-refractivity contribution in [3.8, 4) is 5.75 Å². The van der Waals surface area contributed by atoms with Gasteiger partial charge in [0.25, 0.3) is 0 Å². The molecule has 3 nitrogen and oxygen atoms in total. The number of rotatable bonds is 6. The van der Waals surface area contributed by atoms with Gasteiger partial charge in [-0.15, -0.1) is 0 Å². The van der Waals surface area contributed by atoms with Gasteiger partial charge in [0, 0.05) is 17.5 Å². The van der Waals surface area contributed by atoms with Crippen LogP contribution in [-0.2, 0) is 11.2 Å². The molecule has 1 aromatic rings. The highest BCUT2D eigenvalue weighted by atomic mass is 79.9. The average molecular weight is 357 g/mol. The first-order chi connectivity index (χ1) is 10.1. The van der Waals surface area contributed by atoms with Gasteiger partial charge in [0.2, 0.25) is 0 Å². The van der Waals surface area contributed by atoms with E-state index in [1.54, 1.807) is 7.11 Å². The molecule has 118 valence electrons. The lowest BCUT2D eigenvalue weighted by atomic mass is 9.78. The van der Waals surface area contributed by atoms with Crippen LogP contribution < -0.4 is 4.74 Å². The Kier molecular flexibility index (Phi) is 6.08. The van der Waals surface area contributed by atoms with Gasteiger partial charge >= 0.3 is 0 Å². The lowest BCUT2D eigenvalue weighted by Crippen LogP contribution is -2.47. The van der Waals surface area contributed by atoms with Crippen LogP contribution in [0.15, 0.2) is 22.7 Å². The quantitative estimate of drug-likeness (QED) is 0.833. The molecule has 2 rings (SSSR count). The summed E-state index contributed by atoms with van der Waals surface area (Å²) >= 11 is 3.56.